The molecule has 0 fully saturated rings. The van der Waals surface area contributed by atoms with Gasteiger partial charge in [0.1, 0.15) is 0 Å². The summed E-state index contributed by atoms with van der Waals surface area (Å²) in [5.74, 6) is -0.785. The Bertz CT molecular complexity index is 677. The zero-order chi connectivity index (χ0) is 34.5. The summed E-state index contributed by atoms with van der Waals surface area (Å²) in [5.41, 5.74) is 0. The Balaban J connectivity index is 3.70. The van der Waals surface area contributed by atoms with Crippen molar-refractivity contribution in [3.63, 3.8) is 0 Å². The SMILES string of the molecule is CCCCCCCCCCCCCCCCCCSOC(=O)C(O)(CC(=O)O)SCCCCCCCCCCCCCCCCCC. The molecule has 5 nitrogen and oxygen atoms in total. The van der Waals surface area contributed by atoms with Gasteiger partial charge in [0.05, 0.1) is 18.5 Å². The van der Waals surface area contributed by atoms with Crippen molar-refractivity contribution in [3.05, 3.63) is 0 Å². The van der Waals surface area contributed by atoms with Crippen LogP contribution in [0.1, 0.15) is 226 Å². The number of hydrogen-bond acceptors (Lipinski definition) is 6. The summed E-state index contributed by atoms with van der Waals surface area (Å²) in [5, 5.41) is 20.1. The fourth-order valence-electron chi connectivity index (χ4n) is 6.15. The van der Waals surface area contributed by atoms with Gasteiger partial charge in [0.2, 0.25) is 4.93 Å². The average Bonchev–Trinajstić information content (AvgIpc) is 3.05. The molecular weight excluding hydrogens is 625 g/mol. The Morgan fingerprint density at radius 3 is 1.04 bits per heavy atom. The molecule has 0 aromatic heterocycles. The van der Waals surface area contributed by atoms with Gasteiger partial charge in [0.15, 0.2) is 0 Å². The molecule has 1 unspecified atom stereocenters. The van der Waals surface area contributed by atoms with Gasteiger partial charge in [-0.2, -0.15) is 0 Å². The average molecular weight is 703 g/mol. The molecule has 0 heterocycles. The molecule has 7 heteroatoms. The highest BCUT2D eigenvalue weighted by Crippen LogP contribution is 2.31. The van der Waals surface area contributed by atoms with Gasteiger partial charge in [-0.3, -0.25) is 4.79 Å². The van der Waals surface area contributed by atoms with Crippen molar-refractivity contribution in [2.24, 2.45) is 0 Å². The van der Waals surface area contributed by atoms with Crippen LogP contribution >= 0.6 is 23.8 Å². The normalized spacial score (nSPS) is 12.7. The van der Waals surface area contributed by atoms with Crippen LogP contribution in [0.5, 0.6) is 0 Å². The number of carbonyl (C=O) groups is 2. The third-order valence-corrected chi connectivity index (χ3v) is 11.3. The predicted octanol–water partition coefficient (Wildman–Crippen LogP) is 13.6. The van der Waals surface area contributed by atoms with Crippen LogP contribution in [0.25, 0.3) is 0 Å². The van der Waals surface area contributed by atoms with E-state index in [1.807, 2.05) is 0 Å². The molecule has 0 saturated heterocycles. The minimum absolute atomic E-state index is 0.557. The highest BCUT2D eigenvalue weighted by molar-refractivity contribution is 8.01. The van der Waals surface area contributed by atoms with E-state index in [-0.39, 0.29) is 0 Å². The van der Waals surface area contributed by atoms with Crippen LogP contribution in [0.3, 0.4) is 0 Å². The number of unbranched alkanes of at least 4 members (excludes halogenated alkanes) is 30. The fourth-order valence-corrected chi connectivity index (χ4v) is 7.92. The number of thioether (sulfide) groups is 1. The minimum atomic E-state index is -2.01. The summed E-state index contributed by atoms with van der Waals surface area (Å²) in [6.07, 6.45) is 41.1. The van der Waals surface area contributed by atoms with Gasteiger partial charge in [-0.1, -0.05) is 206 Å². The molecular formula is C40H78O5S2. The van der Waals surface area contributed by atoms with Crippen molar-refractivity contribution < 1.29 is 24.0 Å². The van der Waals surface area contributed by atoms with Gasteiger partial charge in [0.25, 0.3) is 0 Å². The van der Waals surface area contributed by atoms with Crippen molar-refractivity contribution >= 4 is 35.7 Å². The second-order valence-corrected chi connectivity index (χ2v) is 16.2. The summed E-state index contributed by atoms with van der Waals surface area (Å²) in [6.45, 7) is 4.54. The van der Waals surface area contributed by atoms with E-state index in [1.165, 1.54) is 173 Å². The zero-order valence-electron chi connectivity index (χ0n) is 31.2. The highest BCUT2D eigenvalue weighted by Gasteiger charge is 2.41. The van der Waals surface area contributed by atoms with E-state index in [4.69, 9.17) is 4.18 Å². The van der Waals surface area contributed by atoms with Crippen molar-refractivity contribution in [1.29, 1.82) is 0 Å². The van der Waals surface area contributed by atoms with Crippen LogP contribution in [-0.4, -0.2) is 38.6 Å². The van der Waals surface area contributed by atoms with Crippen LogP contribution < -0.4 is 0 Å². The summed E-state index contributed by atoms with van der Waals surface area (Å²) in [7, 11) is 0. The predicted molar refractivity (Wildman–Crippen MR) is 207 cm³/mol. The lowest BCUT2D eigenvalue weighted by Crippen LogP contribution is -2.38. The molecule has 0 aliphatic carbocycles. The largest absolute Gasteiger partial charge is 0.481 e. The van der Waals surface area contributed by atoms with Crippen LogP contribution in [-0.2, 0) is 13.8 Å². The third-order valence-electron chi connectivity index (χ3n) is 9.26. The quantitative estimate of drug-likeness (QED) is 0.0375. The van der Waals surface area contributed by atoms with Crippen molar-refractivity contribution in [2.75, 3.05) is 11.5 Å². The van der Waals surface area contributed by atoms with Gasteiger partial charge in [0, 0.05) is 5.75 Å². The fraction of sp³-hybridized carbons (Fsp3) is 0.950. The minimum Gasteiger partial charge on any atom is -0.481 e. The third kappa shape index (κ3) is 33.9. The molecule has 47 heavy (non-hydrogen) atoms. The van der Waals surface area contributed by atoms with Crippen molar-refractivity contribution in [3.8, 4) is 0 Å². The van der Waals surface area contributed by atoms with Gasteiger partial charge in [-0.25, -0.2) is 4.79 Å². The first kappa shape index (κ1) is 46.6. The van der Waals surface area contributed by atoms with E-state index >= 15 is 0 Å². The van der Waals surface area contributed by atoms with Gasteiger partial charge in [-0.05, 0) is 18.6 Å². The Morgan fingerprint density at radius 2 is 0.745 bits per heavy atom. The summed E-state index contributed by atoms with van der Waals surface area (Å²) in [6, 6.07) is 0. The molecule has 280 valence electrons. The first-order valence-corrected chi connectivity index (χ1v) is 22.3. The summed E-state index contributed by atoms with van der Waals surface area (Å²) in [4.78, 5) is 21.9. The smallest absolute Gasteiger partial charge is 0.361 e. The number of rotatable bonds is 39. The monoisotopic (exact) mass is 703 g/mol. The second-order valence-electron chi connectivity index (χ2n) is 14.0. The Morgan fingerprint density at radius 1 is 0.468 bits per heavy atom. The molecule has 1 atom stereocenters. The summed E-state index contributed by atoms with van der Waals surface area (Å²) >= 11 is 2.07. The van der Waals surface area contributed by atoms with Gasteiger partial charge < -0.3 is 14.4 Å². The van der Waals surface area contributed by atoms with Crippen molar-refractivity contribution in [2.45, 2.75) is 231 Å². The lowest BCUT2D eigenvalue weighted by atomic mass is 10.0. The van der Waals surface area contributed by atoms with E-state index in [2.05, 4.69) is 13.8 Å². The number of carboxylic acids is 1. The number of aliphatic hydroxyl groups is 1. The molecule has 0 aliphatic rings. The Labute approximate surface area is 300 Å². The molecule has 0 spiro atoms. The number of aliphatic carboxylic acids is 1. The van der Waals surface area contributed by atoms with E-state index < -0.39 is 23.3 Å². The molecule has 0 radical (unpaired) electrons. The lowest BCUT2D eigenvalue weighted by Gasteiger charge is -2.23. The van der Waals surface area contributed by atoms with Crippen LogP contribution in [0, 0.1) is 0 Å². The standard InChI is InChI=1S/C40H78O5S2/c1-3-5-7-9-11-13-15-17-19-21-23-25-27-29-31-33-35-46-40(44,37-38(41)42)39(43)45-47-36-34-32-30-28-26-24-22-20-18-16-14-12-10-8-6-4-2/h44H,3-37H2,1-2H3,(H,41,42). The molecule has 0 bridgehead atoms. The molecule has 0 amide bonds. The molecule has 0 aromatic rings. The van der Waals surface area contributed by atoms with Crippen LogP contribution in [0.2, 0.25) is 0 Å². The van der Waals surface area contributed by atoms with E-state index in [0.717, 1.165) is 55.9 Å². The second kappa shape index (κ2) is 36.9. The van der Waals surface area contributed by atoms with Crippen molar-refractivity contribution in [1.82, 2.24) is 0 Å². The van der Waals surface area contributed by atoms with E-state index in [9.17, 15) is 19.8 Å². The van der Waals surface area contributed by atoms with Crippen LogP contribution in [0.15, 0.2) is 0 Å². The van der Waals surface area contributed by atoms with Gasteiger partial charge >= 0.3 is 11.9 Å². The first-order valence-electron chi connectivity index (χ1n) is 20.4. The molecule has 0 aromatic carbocycles. The first-order chi connectivity index (χ1) is 23.0. The molecule has 0 saturated carbocycles. The van der Waals surface area contributed by atoms with E-state index in [1.54, 1.807) is 0 Å². The van der Waals surface area contributed by atoms with Crippen LogP contribution in [0.4, 0.5) is 0 Å². The Hall–Kier alpha value is -0.400. The number of hydrogen-bond donors (Lipinski definition) is 2. The zero-order valence-corrected chi connectivity index (χ0v) is 32.8. The maximum Gasteiger partial charge on any atom is 0.361 e. The maximum atomic E-state index is 12.6. The number of carbonyl (C=O) groups excluding carboxylic acids is 1. The Kier molecular flexibility index (Phi) is 36.6. The molecule has 0 aliphatic heterocycles. The van der Waals surface area contributed by atoms with E-state index in [0.29, 0.717) is 11.5 Å². The van der Waals surface area contributed by atoms with Gasteiger partial charge in [-0.15, -0.1) is 11.8 Å². The number of carboxylic acid groups (broad SMARTS) is 1. The maximum absolute atomic E-state index is 12.6. The molecule has 0 rings (SSSR count). The highest BCUT2D eigenvalue weighted by atomic mass is 32.2. The lowest BCUT2D eigenvalue weighted by molar-refractivity contribution is -0.152. The molecule has 2 N–H and O–H groups in total. The summed E-state index contributed by atoms with van der Waals surface area (Å²) < 4.78 is 5.26. The topological polar surface area (TPSA) is 83.8 Å².